The summed E-state index contributed by atoms with van der Waals surface area (Å²) in [5.41, 5.74) is 7.74. The number of H-pyrrole nitrogens is 1. The monoisotopic (exact) mass is 282 g/mol. The smallest absolute Gasteiger partial charge is 0.238 e. The maximum absolute atomic E-state index is 11.8. The quantitative estimate of drug-likeness (QED) is 0.615. The molecule has 7 nitrogen and oxygen atoms in total. The summed E-state index contributed by atoms with van der Waals surface area (Å²) in [6.07, 6.45) is 4.01. The Morgan fingerprint density at radius 3 is 2.86 bits per heavy atom. The van der Waals surface area contributed by atoms with Gasteiger partial charge in [0, 0.05) is 6.42 Å². The first-order chi connectivity index (χ1) is 10.3. The van der Waals surface area contributed by atoms with Crippen LogP contribution in [0.3, 0.4) is 0 Å². The summed E-state index contributed by atoms with van der Waals surface area (Å²) in [4.78, 5) is 26.8. The fraction of sp³-hybridized carbons (Fsp3) is 0.143. The Labute approximate surface area is 120 Å². The van der Waals surface area contributed by atoms with Gasteiger partial charge in [0.2, 0.25) is 5.91 Å². The van der Waals surface area contributed by atoms with Gasteiger partial charge in [0.25, 0.3) is 0 Å². The molecule has 2 aromatic heterocycles. The summed E-state index contributed by atoms with van der Waals surface area (Å²) in [5, 5.41) is 0. The molecule has 2 heterocycles. The highest BCUT2D eigenvalue weighted by atomic mass is 16.2. The van der Waals surface area contributed by atoms with Gasteiger partial charge in [-0.1, -0.05) is 30.3 Å². The number of hydrogen-bond acceptors (Lipinski definition) is 5. The number of fused-ring (bicyclic) bond motifs is 1. The van der Waals surface area contributed by atoms with Crippen LogP contribution < -0.4 is 10.9 Å². The molecule has 0 fully saturated rings. The fourth-order valence-electron chi connectivity index (χ4n) is 1.95. The number of aromatic amines is 1. The second-order valence-electron chi connectivity index (χ2n) is 4.48. The lowest BCUT2D eigenvalue weighted by Gasteiger charge is -2.08. The number of nitrogens with zero attached hydrogens (tertiary/aromatic N) is 3. The summed E-state index contributed by atoms with van der Waals surface area (Å²) >= 11 is 0. The summed E-state index contributed by atoms with van der Waals surface area (Å²) in [6.45, 7) is 0. The number of amides is 1. The van der Waals surface area contributed by atoms with Gasteiger partial charge < -0.3 is 4.98 Å². The van der Waals surface area contributed by atoms with Crippen LogP contribution in [0.25, 0.3) is 11.2 Å². The third-order valence-electron chi connectivity index (χ3n) is 3.03. The minimum atomic E-state index is -0.106. The molecule has 3 rings (SSSR count). The van der Waals surface area contributed by atoms with E-state index in [1.54, 1.807) is 0 Å². The van der Waals surface area contributed by atoms with Gasteiger partial charge in [0.05, 0.1) is 6.33 Å². The minimum Gasteiger partial charge on any atom is -0.340 e. The molecule has 106 valence electrons. The molecule has 0 bridgehead atoms. The lowest BCUT2D eigenvalue weighted by atomic mass is 10.1. The van der Waals surface area contributed by atoms with Crippen molar-refractivity contribution in [2.45, 2.75) is 12.8 Å². The highest BCUT2D eigenvalue weighted by Crippen LogP contribution is 2.13. The number of carbonyl (C=O) groups is 1. The van der Waals surface area contributed by atoms with E-state index in [2.05, 4.69) is 30.8 Å². The average Bonchev–Trinajstić information content (AvgIpc) is 3.01. The number of aromatic nitrogens is 4. The van der Waals surface area contributed by atoms with E-state index in [4.69, 9.17) is 0 Å². The van der Waals surface area contributed by atoms with Crippen LogP contribution >= 0.6 is 0 Å². The van der Waals surface area contributed by atoms with Crippen LogP contribution in [0.5, 0.6) is 0 Å². The molecular formula is C14H14N6O. The van der Waals surface area contributed by atoms with E-state index < -0.39 is 0 Å². The topological polar surface area (TPSA) is 95.6 Å². The van der Waals surface area contributed by atoms with Crippen LogP contribution in [-0.2, 0) is 11.2 Å². The second-order valence-corrected chi connectivity index (χ2v) is 4.48. The lowest BCUT2D eigenvalue weighted by Crippen LogP contribution is -2.30. The zero-order valence-corrected chi connectivity index (χ0v) is 11.2. The summed E-state index contributed by atoms with van der Waals surface area (Å²) in [7, 11) is 0. The van der Waals surface area contributed by atoms with Gasteiger partial charge in [-0.05, 0) is 12.0 Å². The molecule has 0 aliphatic carbocycles. The number of imidazole rings is 1. The fourth-order valence-corrected chi connectivity index (χ4v) is 1.95. The van der Waals surface area contributed by atoms with Gasteiger partial charge in [0.15, 0.2) is 11.5 Å². The number of hydrazine groups is 1. The summed E-state index contributed by atoms with van der Waals surface area (Å²) in [5.74, 6) is 0.385. The van der Waals surface area contributed by atoms with Gasteiger partial charge in [-0.15, -0.1) is 0 Å². The largest absolute Gasteiger partial charge is 0.340 e. The SMILES string of the molecule is O=C(CCc1ccccc1)NNc1ncnc2nc[nH]c12. The molecule has 21 heavy (non-hydrogen) atoms. The number of anilines is 1. The lowest BCUT2D eigenvalue weighted by molar-refractivity contribution is -0.120. The molecule has 0 unspecified atom stereocenters. The van der Waals surface area contributed by atoms with E-state index in [0.717, 1.165) is 5.56 Å². The zero-order chi connectivity index (χ0) is 14.5. The number of rotatable bonds is 5. The van der Waals surface area contributed by atoms with Gasteiger partial charge in [-0.3, -0.25) is 15.6 Å². The Bertz CT molecular complexity index is 739. The molecule has 0 aliphatic heterocycles. The van der Waals surface area contributed by atoms with Crippen LogP contribution in [0.2, 0.25) is 0 Å². The van der Waals surface area contributed by atoms with Gasteiger partial charge in [0.1, 0.15) is 11.8 Å². The van der Waals surface area contributed by atoms with Gasteiger partial charge in [-0.2, -0.15) is 0 Å². The van der Waals surface area contributed by atoms with Crippen LogP contribution in [0.4, 0.5) is 5.82 Å². The predicted molar refractivity (Wildman–Crippen MR) is 78.2 cm³/mol. The molecule has 0 saturated carbocycles. The van der Waals surface area contributed by atoms with Crippen molar-refractivity contribution in [2.24, 2.45) is 0 Å². The van der Waals surface area contributed by atoms with E-state index in [9.17, 15) is 4.79 Å². The number of hydrogen-bond donors (Lipinski definition) is 3. The minimum absolute atomic E-state index is 0.106. The van der Waals surface area contributed by atoms with E-state index in [1.807, 2.05) is 30.3 Å². The zero-order valence-electron chi connectivity index (χ0n) is 11.2. The Hall–Kier alpha value is -2.96. The molecule has 0 saturated heterocycles. The van der Waals surface area contributed by atoms with Crippen molar-refractivity contribution >= 4 is 22.9 Å². The normalized spacial score (nSPS) is 10.5. The Balaban J connectivity index is 1.55. The first-order valence-corrected chi connectivity index (χ1v) is 6.56. The van der Waals surface area contributed by atoms with E-state index in [0.29, 0.717) is 29.8 Å². The van der Waals surface area contributed by atoms with Crippen molar-refractivity contribution < 1.29 is 4.79 Å². The molecule has 7 heteroatoms. The Kier molecular flexibility index (Phi) is 3.72. The third-order valence-corrected chi connectivity index (χ3v) is 3.03. The molecule has 0 atom stereocenters. The Morgan fingerprint density at radius 1 is 1.14 bits per heavy atom. The first kappa shape index (κ1) is 13.0. The number of carbonyl (C=O) groups excluding carboxylic acids is 1. The molecule has 1 amide bonds. The highest BCUT2D eigenvalue weighted by Gasteiger charge is 2.07. The van der Waals surface area contributed by atoms with E-state index in [-0.39, 0.29) is 5.91 Å². The molecular weight excluding hydrogens is 268 g/mol. The molecule has 0 spiro atoms. The predicted octanol–water partition coefficient (Wildman–Crippen LogP) is 1.43. The molecule has 0 radical (unpaired) electrons. The van der Waals surface area contributed by atoms with Crippen LogP contribution in [-0.4, -0.2) is 25.8 Å². The molecule has 3 aromatic rings. The van der Waals surface area contributed by atoms with Crippen molar-refractivity contribution in [3.05, 3.63) is 48.5 Å². The maximum Gasteiger partial charge on any atom is 0.238 e. The van der Waals surface area contributed by atoms with Crippen molar-refractivity contribution in [2.75, 3.05) is 5.43 Å². The van der Waals surface area contributed by atoms with Crippen LogP contribution in [0, 0.1) is 0 Å². The van der Waals surface area contributed by atoms with Crippen molar-refractivity contribution in [1.29, 1.82) is 0 Å². The molecule has 3 N–H and O–H groups in total. The van der Waals surface area contributed by atoms with E-state index in [1.165, 1.54) is 12.7 Å². The van der Waals surface area contributed by atoms with Crippen molar-refractivity contribution in [3.8, 4) is 0 Å². The van der Waals surface area contributed by atoms with E-state index >= 15 is 0 Å². The molecule has 0 aliphatic rings. The third kappa shape index (κ3) is 3.14. The second kappa shape index (κ2) is 6.00. The Morgan fingerprint density at radius 2 is 2.00 bits per heavy atom. The van der Waals surface area contributed by atoms with Crippen molar-refractivity contribution in [1.82, 2.24) is 25.4 Å². The van der Waals surface area contributed by atoms with Crippen LogP contribution in [0.15, 0.2) is 43.0 Å². The van der Waals surface area contributed by atoms with Gasteiger partial charge in [-0.25, -0.2) is 15.0 Å². The highest BCUT2D eigenvalue weighted by molar-refractivity contribution is 5.84. The maximum atomic E-state index is 11.8. The average molecular weight is 282 g/mol. The first-order valence-electron chi connectivity index (χ1n) is 6.56. The standard InChI is InChI=1S/C14H14N6O/c21-11(7-6-10-4-2-1-3-5-10)19-20-14-12-13(16-8-15-12)17-9-18-14/h1-5,8-9H,6-7H2,(H,19,21)(H2,15,16,17,18,20). The number of aryl methyl sites for hydroxylation is 1. The van der Waals surface area contributed by atoms with Crippen LogP contribution in [0.1, 0.15) is 12.0 Å². The molecule has 1 aromatic carbocycles. The number of nitrogens with one attached hydrogen (secondary N) is 3. The summed E-state index contributed by atoms with van der Waals surface area (Å²) in [6, 6.07) is 9.87. The number of benzene rings is 1. The van der Waals surface area contributed by atoms with Crippen molar-refractivity contribution in [3.63, 3.8) is 0 Å². The van der Waals surface area contributed by atoms with Gasteiger partial charge >= 0.3 is 0 Å². The summed E-state index contributed by atoms with van der Waals surface area (Å²) < 4.78 is 0.